The minimum atomic E-state index is -0.443. The molecule has 0 saturated carbocycles. The molecule has 2 heterocycles. The Labute approximate surface area is 124 Å². The van der Waals surface area contributed by atoms with Crippen molar-refractivity contribution in [3.8, 4) is 11.5 Å². The molecule has 1 aliphatic heterocycles. The molecule has 7 heteroatoms. The van der Waals surface area contributed by atoms with Crippen LogP contribution in [0.1, 0.15) is 32.4 Å². The van der Waals surface area contributed by atoms with E-state index in [0.717, 1.165) is 17.7 Å². The zero-order valence-corrected chi connectivity index (χ0v) is 11.3. The van der Waals surface area contributed by atoms with E-state index in [0.29, 0.717) is 16.2 Å². The fraction of sp³-hybridized carbons (Fsp3) is 0.133. The molecule has 1 aromatic carbocycles. The number of aromatic nitrogens is 2. The summed E-state index contributed by atoms with van der Waals surface area (Å²) in [5, 5.41) is 10.1. The van der Waals surface area contributed by atoms with Gasteiger partial charge in [-0.2, -0.15) is 4.73 Å². The average Bonchev–Trinajstić information content (AvgIpc) is 3.09. The van der Waals surface area contributed by atoms with Crippen molar-refractivity contribution in [1.29, 1.82) is 0 Å². The Morgan fingerprint density at radius 1 is 1.14 bits per heavy atom. The van der Waals surface area contributed by atoms with E-state index in [1.165, 1.54) is 0 Å². The molecule has 1 N–H and O–H groups in total. The molecule has 0 fully saturated rings. The maximum Gasteiger partial charge on any atom is 0.231 e. The van der Waals surface area contributed by atoms with Gasteiger partial charge in [-0.25, -0.2) is 4.98 Å². The number of allylic oxidation sites excluding steroid dienone is 2. The van der Waals surface area contributed by atoms with Crippen molar-refractivity contribution in [2.75, 3.05) is 6.79 Å². The van der Waals surface area contributed by atoms with Crippen LogP contribution in [0.4, 0.5) is 0 Å². The highest BCUT2D eigenvalue weighted by molar-refractivity contribution is 6.20. The monoisotopic (exact) mass is 298 g/mol. The summed E-state index contributed by atoms with van der Waals surface area (Å²) in [6.07, 6.45) is 2.53. The Bertz CT molecular complexity index is 850. The van der Waals surface area contributed by atoms with Gasteiger partial charge in [-0.3, -0.25) is 9.59 Å². The highest BCUT2D eigenvalue weighted by Crippen LogP contribution is 2.33. The molecule has 0 unspecified atom stereocenters. The lowest BCUT2D eigenvalue weighted by Crippen LogP contribution is -2.14. The molecule has 0 radical (unpaired) electrons. The van der Waals surface area contributed by atoms with Crippen molar-refractivity contribution in [3.05, 3.63) is 53.1 Å². The van der Waals surface area contributed by atoms with Crippen molar-refractivity contribution in [1.82, 2.24) is 9.71 Å². The average molecular weight is 298 g/mol. The van der Waals surface area contributed by atoms with E-state index in [9.17, 15) is 14.8 Å². The molecule has 7 nitrogen and oxygen atoms in total. The third kappa shape index (κ3) is 1.79. The number of carbonyl (C=O) groups excluding carboxylic acids is 2. The smallest absolute Gasteiger partial charge is 0.231 e. The highest BCUT2D eigenvalue weighted by Gasteiger charge is 2.28. The zero-order chi connectivity index (χ0) is 15.3. The minimum Gasteiger partial charge on any atom is -0.454 e. The molecule has 0 bridgehead atoms. The summed E-state index contributed by atoms with van der Waals surface area (Å²) in [4.78, 5) is 27.6. The first-order valence-corrected chi connectivity index (χ1v) is 6.59. The molecule has 0 saturated heterocycles. The summed E-state index contributed by atoms with van der Waals surface area (Å²) < 4.78 is 11.2. The predicted molar refractivity (Wildman–Crippen MR) is 72.6 cm³/mol. The molecule has 110 valence electrons. The maximum absolute atomic E-state index is 11.8. The normalized spacial score (nSPS) is 15.3. The number of imidazole rings is 1. The molecule has 0 amide bonds. The topological polar surface area (TPSA) is 90.7 Å². The van der Waals surface area contributed by atoms with Crippen LogP contribution in [-0.2, 0) is 6.42 Å². The molecular weight excluding hydrogens is 288 g/mol. The van der Waals surface area contributed by atoms with Crippen molar-refractivity contribution >= 4 is 11.6 Å². The first-order chi connectivity index (χ1) is 10.6. The summed E-state index contributed by atoms with van der Waals surface area (Å²) in [5.74, 6) is 0.655. The first-order valence-electron chi connectivity index (χ1n) is 6.59. The van der Waals surface area contributed by atoms with Gasteiger partial charge >= 0.3 is 0 Å². The number of hydrogen-bond donors (Lipinski definition) is 1. The number of rotatable bonds is 2. The van der Waals surface area contributed by atoms with E-state index in [1.807, 2.05) is 6.07 Å². The van der Waals surface area contributed by atoms with Crippen LogP contribution >= 0.6 is 0 Å². The van der Waals surface area contributed by atoms with Crippen LogP contribution in [0.15, 0.2) is 30.4 Å². The van der Waals surface area contributed by atoms with Crippen molar-refractivity contribution in [2.24, 2.45) is 0 Å². The van der Waals surface area contributed by atoms with E-state index in [2.05, 4.69) is 4.98 Å². The highest BCUT2D eigenvalue weighted by atomic mass is 16.7. The van der Waals surface area contributed by atoms with Gasteiger partial charge in [0, 0.05) is 6.42 Å². The lowest BCUT2D eigenvalue weighted by Gasteiger charge is -2.05. The summed E-state index contributed by atoms with van der Waals surface area (Å²) in [6, 6.07) is 5.35. The predicted octanol–water partition coefficient (Wildman–Crippen LogP) is 1.38. The Morgan fingerprint density at radius 2 is 1.91 bits per heavy atom. The molecule has 0 atom stereocenters. The SMILES string of the molecule is O=C1C=CC(=O)c2c1nc(Cc1ccc3c(c1)OCO3)n2O. The Balaban J connectivity index is 1.71. The zero-order valence-electron chi connectivity index (χ0n) is 11.3. The van der Waals surface area contributed by atoms with Crippen LogP contribution in [0, 0.1) is 0 Å². The molecule has 2 aliphatic rings. The van der Waals surface area contributed by atoms with Crippen LogP contribution in [-0.4, -0.2) is 33.3 Å². The van der Waals surface area contributed by atoms with Gasteiger partial charge < -0.3 is 14.7 Å². The summed E-state index contributed by atoms with van der Waals surface area (Å²) >= 11 is 0. The number of nitrogens with zero attached hydrogens (tertiary/aromatic N) is 2. The van der Waals surface area contributed by atoms with Crippen LogP contribution in [0.2, 0.25) is 0 Å². The van der Waals surface area contributed by atoms with E-state index < -0.39 is 11.6 Å². The van der Waals surface area contributed by atoms with Gasteiger partial charge in [0.2, 0.25) is 18.4 Å². The maximum atomic E-state index is 11.8. The lowest BCUT2D eigenvalue weighted by molar-refractivity contribution is 0.0950. The summed E-state index contributed by atoms with van der Waals surface area (Å²) in [7, 11) is 0. The van der Waals surface area contributed by atoms with Crippen molar-refractivity contribution < 1.29 is 24.3 Å². The summed E-state index contributed by atoms with van der Waals surface area (Å²) in [5.41, 5.74) is 0.698. The number of hydrogen-bond acceptors (Lipinski definition) is 6. The largest absolute Gasteiger partial charge is 0.454 e. The van der Waals surface area contributed by atoms with E-state index in [4.69, 9.17) is 9.47 Å². The molecule has 0 spiro atoms. The van der Waals surface area contributed by atoms with Gasteiger partial charge in [0.15, 0.2) is 23.0 Å². The van der Waals surface area contributed by atoms with Gasteiger partial charge in [0.1, 0.15) is 5.69 Å². The molecule has 1 aliphatic carbocycles. The van der Waals surface area contributed by atoms with Crippen molar-refractivity contribution in [2.45, 2.75) is 6.42 Å². The third-order valence-corrected chi connectivity index (χ3v) is 3.57. The second-order valence-electron chi connectivity index (χ2n) is 4.96. The Hall–Kier alpha value is -3.09. The van der Waals surface area contributed by atoms with E-state index >= 15 is 0 Å². The van der Waals surface area contributed by atoms with Gasteiger partial charge in [0.05, 0.1) is 0 Å². The van der Waals surface area contributed by atoms with Crippen LogP contribution < -0.4 is 9.47 Å². The third-order valence-electron chi connectivity index (χ3n) is 3.57. The van der Waals surface area contributed by atoms with Gasteiger partial charge in [-0.05, 0) is 29.8 Å². The molecule has 1 aromatic heterocycles. The lowest BCUT2D eigenvalue weighted by atomic mass is 10.1. The van der Waals surface area contributed by atoms with Crippen LogP contribution in [0.3, 0.4) is 0 Å². The van der Waals surface area contributed by atoms with Gasteiger partial charge in [-0.1, -0.05) is 6.07 Å². The van der Waals surface area contributed by atoms with Crippen LogP contribution in [0.25, 0.3) is 0 Å². The first kappa shape index (κ1) is 12.6. The quantitative estimate of drug-likeness (QED) is 0.842. The fourth-order valence-corrected chi connectivity index (χ4v) is 2.51. The Kier molecular flexibility index (Phi) is 2.56. The second-order valence-corrected chi connectivity index (χ2v) is 4.96. The van der Waals surface area contributed by atoms with Crippen molar-refractivity contribution in [3.63, 3.8) is 0 Å². The van der Waals surface area contributed by atoms with E-state index in [-0.39, 0.29) is 30.4 Å². The number of benzene rings is 1. The van der Waals surface area contributed by atoms with Gasteiger partial charge in [0.25, 0.3) is 0 Å². The number of ketones is 2. The summed E-state index contributed by atoms with van der Waals surface area (Å²) in [6.45, 7) is 0.177. The number of carbonyl (C=O) groups is 2. The Morgan fingerprint density at radius 3 is 2.73 bits per heavy atom. The number of fused-ring (bicyclic) bond motifs is 2. The molecule has 22 heavy (non-hydrogen) atoms. The van der Waals surface area contributed by atoms with Crippen LogP contribution in [0.5, 0.6) is 11.5 Å². The molecule has 4 rings (SSSR count). The van der Waals surface area contributed by atoms with E-state index in [1.54, 1.807) is 12.1 Å². The number of ether oxygens (including phenoxy) is 2. The van der Waals surface area contributed by atoms with Gasteiger partial charge in [-0.15, -0.1) is 0 Å². The molecule has 2 aromatic rings. The second kappa shape index (κ2) is 4.45. The standard InChI is InChI=1S/C15H10N2O5/c18-9-2-3-10(19)15-14(9)16-13(17(15)20)6-8-1-4-11-12(5-8)22-7-21-11/h1-5,20H,6-7H2. The minimum absolute atomic E-state index is 0.0225. The molecular formula is C15H10N2O5. The fourth-order valence-electron chi connectivity index (χ4n) is 2.51.